The average molecular weight is 481 g/mol. The highest BCUT2D eigenvalue weighted by Gasteiger charge is 2.43. The fourth-order valence-corrected chi connectivity index (χ4v) is 4.69. The van der Waals surface area contributed by atoms with E-state index < -0.39 is 23.2 Å². The van der Waals surface area contributed by atoms with Crippen molar-refractivity contribution in [3.05, 3.63) is 53.2 Å². The van der Waals surface area contributed by atoms with E-state index in [1.165, 1.54) is 6.07 Å². The van der Waals surface area contributed by atoms with Gasteiger partial charge in [0, 0.05) is 29.8 Å². The van der Waals surface area contributed by atoms with E-state index in [0.717, 1.165) is 37.1 Å². The zero-order chi connectivity index (χ0) is 24.6. The van der Waals surface area contributed by atoms with Crippen molar-refractivity contribution in [3.8, 4) is 5.75 Å². The van der Waals surface area contributed by atoms with Crippen LogP contribution < -0.4 is 10.1 Å². The summed E-state index contributed by atoms with van der Waals surface area (Å²) < 4.78 is 22.8. The molecule has 35 heavy (non-hydrogen) atoms. The summed E-state index contributed by atoms with van der Waals surface area (Å²) in [6.45, 7) is 4.23. The van der Waals surface area contributed by atoms with Gasteiger partial charge in [-0.15, -0.1) is 0 Å². The smallest absolute Gasteiger partial charge is 0.272 e. The zero-order valence-electron chi connectivity index (χ0n) is 20.0. The summed E-state index contributed by atoms with van der Waals surface area (Å²) in [5.74, 6) is -0.941. The third-order valence-corrected chi connectivity index (χ3v) is 6.90. The summed E-state index contributed by atoms with van der Waals surface area (Å²) in [6.07, 6.45) is 7.26. The number of amides is 2. The van der Waals surface area contributed by atoms with Crippen molar-refractivity contribution < 1.29 is 18.7 Å². The monoisotopic (exact) mass is 480 g/mol. The number of halogens is 1. The van der Waals surface area contributed by atoms with Gasteiger partial charge in [0.2, 0.25) is 0 Å². The molecule has 0 bridgehead atoms. The maximum atomic E-state index is 15.3. The standard InChI is InChI=1S/C25H29FN6O3/c1-3-4-12-35-17-8-9-19(20(26)13-17)25(2)14-18(21-10-11-31(29-21)16-6-5-7-16)23(24(34)28-25)32-22(33)15-27-30-32/h8-11,13,16H,3-7,12,14-15H2,1-2H3,(H,28,34)/t25-/m0/s1. The molecule has 1 aromatic carbocycles. The van der Waals surface area contributed by atoms with Crippen molar-refractivity contribution in [2.75, 3.05) is 13.2 Å². The van der Waals surface area contributed by atoms with Crippen LogP contribution in [0.15, 0.2) is 46.5 Å². The SMILES string of the molecule is CCCCOc1ccc([C@]2(C)CC(c3ccn(C4CCC4)n3)=C(N3N=NCC3=O)C(=O)N2)c(F)c1. The molecule has 1 fully saturated rings. The Labute approximate surface area is 203 Å². The molecule has 2 aromatic rings. The molecule has 1 atom stereocenters. The van der Waals surface area contributed by atoms with Crippen molar-refractivity contribution >= 4 is 17.4 Å². The molecule has 10 heteroatoms. The molecule has 2 aliphatic heterocycles. The largest absolute Gasteiger partial charge is 0.493 e. The molecule has 2 amide bonds. The topological polar surface area (TPSA) is 101 Å². The predicted molar refractivity (Wildman–Crippen MR) is 126 cm³/mol. The Balaban J connectivity index is 1.52. The number of carbonyl (C=O) groups excluding carboxylic acids is 2. The first-order chi connectivity index (χ1) is 16.9. The molecule has 1 aromatic heterocycles. The van der Waals surface area contributed by atoms with Crippen LogP contribution in [-0.2, 0) is 15.1 Å². The molecule has 1 N–H and O–H groups in total. The number of hydrogen-bond donors (Lipinski definition) is 1. The molecule has 0 saturated heterocycles. The third-order valence-electron chi connectivity index (χ3n) is 6.90. The van der Waals surface area contributed by atoms with E-state index in [4.69, 9.17) is 9.84 Å². The number of nitrogens with one attached hydrogen (secondary N) is 1. The summed E-state index contributed by atoms with van der Waals surface area (Å²) in [7, 11) is 0. The normalized spacial score (nSPS) is 22.5. The van der Waals surface area contributed by atoms with Crippen LogP contribution in [0.5, 0.6) is 5.75 Å². The first kappa shape index (κ1) is 23.2. The Morgan fingerprint density at radius 1 is 1.26 bits per heavy atom. The van der Waals surface area contributed by atoms with Crippen LogP contribution in [0, 0.1) is 5.82 Å². The van der Waals surface area contributed by atoms with Gasteiger partial charge >= 0.3 is 0 Å². The Bertz CT molecular complexity index is 1220. The predicted octanol–water partition coefficient (Wildman–Crippen LogP) is 4.28. The van der Waals surface area contributed by atoms with Crippen LogP contribution >= 0.6 is 0 Å². The molecular weight excluding hydrogens is 451 g/mol. The Hall–Kier alpha value is -3.56. The third kappa shape index (κ3) is 4.33. The van der Waals surface area contributed by atoms with E-state index in [2.05, 4.69) is 22.6 Å². The van der Waals surface area contributed by atoms with Crippen LogP contribution in [0.2, 0.25) is 0 Å². The highest BCUT2D eigenvalue weighted by Crippen LogP contribution is 2.41. The van der Waals surface area contributed by atoms with Gasteiger partial charge in [-0.05, 0) is 44.7 Å². The van der Waals surface area contributed by atoms with E-state index in [0.29, 0.717) is 35.2 Å². The molecule has 0 radical (unpaired) electrons. The van der Waals surface area contributed by atoms with Crippen LogP contribution in [0.25, 0.3) is 5.57 Å². The van der Waals surface area contributed by atoms with Gasteiger partial charge in [-0.2, -0.15) is 15.2 Å². The second kappa shape index (κ2) is 9.24. The number of carbonyl (C=O) groups is 2. The fraction of sp³-hybridized carbons (Fsp3) is 0.480. The summed E-state index contributed by atoms with van der Waals surface area (Å²) in [4.78, 5) is 25.8. The van der Waals surface area contributed by atoms with Gasteiger partial charge in [0.1, 0.15) is 23.8 Å². The van der Waals surface area contributed by atoms with Crippen molar-refractivity contribution in [1.82, 2.24) is 20.1 Å². The lowest BCUT2D eigenvalue weighted by Crippen LogP contribution is -2.51. The quantitative estimate of drug-likeness (QED) is 0.570. The van der Waals surface area contributed by atoms with Crippen LogP contribution in [-0.4, -0.2) is 39.8 Å². The number of nitrogens with zero attached hydrogens (tertiary/aromatic N) is 5. The first-order valence-electron chi connectivity index (χ1n) is 12.1. The number of hydrogen-bond acceptors (Lipinski definition) is 6. The van der Waals surface area contributed by atoms with Gasteiger partial charge in [-0.3, -0.25) is 14.3 Å². The van der Waals surface area contributed by atoms with Crippen LogP contribution in [0.4, 0.5) is 4.39 Å². The molecule has 5 rings (SSSR count). The number of aromatic nitrogens is 2. The van der Waals surface area contributed by atoms with Gasteiger partial charge in [-0.25, -0.2) is 4.39 Å². The number of rotatable bonds is 8. The molecule has 0 spiro atoms. The molecule has 3 heterocycles. The Morgan fingerprint density at radius 3 is 2.74 bits per heavy atom. The van der Waals surface area contributed by atoms with Crippen molar-refractivity contribution in [1.29, 1.82) is 0 Å². The van der Waals surface area contributed by atoms with Crippen molar-refractivity contribution in [3.63, 3.8) is 0 Å². The van der Waals surface area contributed by atoms with E-state index in [1.807, 2.05) is 16.9 Å². The van der Waals surface area contributed by atoms with Crippen molar-refractivity contribution in [2.45, 2.75) is 64.0 Å². The minimum absolute atomic E-state index is 0.0903. The van der Waals surface area contributed by atoms with Gasteiger partial charge in [-0.1, -0.05) is 24.6 Å². The zero-order valence-corrected chi connectivity index (χ0v) is 20.0. The Kier molecular flexibility index (Phi) is 6.12. The van der Waals surface area contributed by atoms with Crippen LogP contribution in [0.1, 0.15) is 69.7 Å². The van der Waals surface area contributed by atoms with Gasteiger partial charge in [0.25, 0.3) is 11.8 Å². The second-order valence-corrected chi connectivity index (χ2v) is 9.49. The lowest BCUT2D eigenvalue weighted by molar-refractivity contribution is -0.130. The fourth-order valence-electron chi connectivity index (χ4n) is 4.69. The van der Waals surface area contributed by atoms with Gasteiger partial charge < -0.3 is 10.1 Å². The summed E-state index contributed by atoms with van der Waals surface area (Å²) in [6, 6.07) is 6.89. The maximum absolute atomic E-state index is 15.3. The lowest BCUT2D eigenvalue weighted by atomic mass is 9.80. The Morgan fingerprint density at radius 2 is 2.09 bits per heavy atom. The molecule has 0 unspecified atom stereocenters. The minimum atomic E-state index is -1.07. The summed E-state index contributed by atoms with van der Waals surface area (Å²) >= 11 is 0. The van der Waals surface area contributed by atoms with E-state index in [9.17, 15) is 9.59 Å². The molecule has 1 aliphatic carbocycles. The van der Waals surface area contributed by atoms with E-state index in [-0.39, 0.29) is 18.7 Å². The summed E-state index contributed by atoms with van der Waals surface area (Å²) in [5.41, 5.74) is 0.460. The molecule has 184 valence electrons. The number of unbranched alkanes of at least 4 members (excludes halogenated alkanes) is 1. The molecule has 1 saturated carbocycles. The van der Waals surface area contributed by atoms with Gasteiger partial charge in [0.15, 0.2) is 0 Å². The minimum Gasteiger partial charge on any atom is -0.493 e. The van der Waals surface area contributed by atoms with Crippen LogP contribution in [0.3, 0.4) is 0 Å². The highest BCUT2D eigenvalue weighted by molar-refractivity contribution is 6.06. The summed E-state index contributed by atoms with van der Waals surface area (Å²) in [5, 5.41) is 16.3. The molecule has 9 nitrogen and oxygen atoms in total. The lowest BCUT2D eigenvalue weighted by Gasteiger charge is -2.38. The molecular formula is C25H29FN6O3. The first-order valence-corrected chi connectivity index (χ1v) is 12.1. The number of benzene rings is 1. The van der Waals surface area contributed by atoms with Crippen molar-refractivity contribution in [2.24, 2.45) is 10.3 Å². The molecule has 3 aliphatic rings. The van der Waals surface area contributed by atoms with E-state index >= 15 is 4.39 Å². The average Bonchev–Trinajstić information content (AvgIpc) is 3.42. The van der Waals surface area contributed by atoms with Gasteiger partial charge in [0.05, 0.1) is 23.9 Å². The maximum Gasteiger partial charge on any atom is 0.272 e. The number of ether oxygens (including phenoxy) is 1. The highest BCUT2D eigenvalue weighted by atomic mass is 19.1. The van der Waals surface area contributed by atoms with E-state index in [1.54, 1.807) is 19.1 Å². The second-order valence-electron chi connectivity index (χ2n) is 9.49.